The van der Waals surface area contributed by atoms with Gasteiger partial charge >= 0.3 is 0 Å². The molecule has 0 aliphatic heterocycles. The summed E-state index contributed by atoms with van der Waals surface area (Å²) in [5.74, 6) is 0.684. The van der Waals surface area contributed by atoms with Crippen LogP contribution in [0, 0.1) is 0 Å². The van der Waals surface area contributed by atoms with Crippen molar-refractivity contribution in [2.45, 2.75) is 0 Å². The van der Waals surface area contributed by atoms with E-state index in [0.717, 1.165) is 38.2 Å². The molecule has 0 amide bonds. The van der Waals surface area contributed by atoms with Crippen molar-refractivity contribution in [1.29, 1.82) is 0 Å². The van der Waals surface area contributed by atoms with Crippen LogP contribution in [0.25, 0.3) is 28.2 Å². The van der Waals surface area contributed by atoms with E-state index in [0.29, 0.717) is 5.82 Å². The van der Waals surface area contributed by atoms with E-state index in [9.17, 15) is 0 Å². The van der Waals surface area contributed by atoms with Crippen molar-refractivity contribution >= 4 is 28.0 Å². The van der Waals surface area contributed by atoms with Crippen LogP contribution in [0.1, 0.15) is 5.56 Å². The van der Waals surface area contributed by atoms with Gasteiger partial charge in [-0.05, 0) is 53.6 Å². The van der Waals surface area contributed by atoms with Crippen molar-refractivity contribution in [3.63, 3.8) is 0 Å². The van der Waals surface area contributed by atoms with Crippen molar-refractivity contribution < 1.29 is 0 Å². The summed E-state index contributed by atoms with van der Waals surface area (Å²) in [6.45, 7) is 0. The minimum absolute atomic E-state index is 0.684. The summed E-state index contributed by atoms with van der Waals surface area (Å²) in [6.07, 6.45) is 3.67. The highest BCUT2D eigenvalue weighted by Gasteiger charge is 2.18. The summed E-state index contributed by atoms with van der Waals surface area (Å²) in [5, 5.41) is 0. The molecule has 0 N–H and O–H groups in total. The average molecular weight is 478 g/mol. The van der Waals surface area contributed by atoms with Crippen molar-refractivity contribution in [2.24, 2.45) is 4.99 Å². The molecule has 32 heavy (non-hydrogen) atoms. The largest absolute Gasteiger partial charge is 0.309 e. The fraction of sp³-hybridized carbons (Fsp3) is 0. The Morgan fingerprint density at radius 3 is 2.03 bits per heavy atom. The van der Waals surface area contributed by atoms with Crippen LogP contribution in [0.3, 0.4) is 0 Å². The van der Waals surface area contributed by atoms with Gasteiger partial charge in [-0.3, -0.25) is 0 Å². The van der Waals surface area contributed by atoms with E-state index < -0.39 is 0 Å². The number of benzene rings is 3. The highest BCUT2D eigenvalue weighted by atomic mass is 79.9. The third-order valence-corrected chi connectivity index (χ3v) is 5.75. The zero-order valence-corrected chi connectivity index (χ0v) is 18.9. The standard InChI is InChI=1S/C28H20BrN3/c29-24-14-16-25(17-15-24)32-26(21-9-3-1-4-10-21)19-23(20-31-27-13-7-8-18-30-27)28(32)22-11-5-2-6-12-22/h1-20H. The number of halogens is 1. The Balaban J connectivity index is 1.78. The van der Waals surface area contributed by atoms with Crippen LogP contribution < -0.4 is 0 Å². The summed E-state index contributed by atoms with van der Waals surface area (Å²) >= 11 is 3.56. The van der Waals surface area contributed by atoms with Gasteiger partial charge in [-0.25, -0.2) is 9.98 Å². The van der Waals surface area contributed by atoms with E-state index in [1.807, 2.05) is 36.5 Å². The molecule has 2 aromatic heterocycles. The fourth-order valence-electron chi connectivity index (χ4n) is 3.77. The van der Waals surface area contributed by atoms with Gasteiger partial charge in [0.15, 0.2) is 5.82 Å². The third-order valence-electron chi connectivity index (χ3n) is 5.22. The Morgan fingerprint density at radius 1 is 0.719 bits per heavy atom. The Hall–Kier alpha value is -3.76. The predicted molar refractivity (Wildman–Crippen MR) is 136 cm³/mol. The zero-order valence-electron chi connectivity index (χ0n) is 17.3. The van der Waals surface area contributed by atoms with Gasteiger partial charge in [0.05, 0.1) is 11.4 Å². The fourth-order valence-corrected chi connectivity index (χ4v) is 4.03. The van der Waals surface area contributed by atoms with Crippen LogP contribution in [0.2, 0.25) is 0 Å². The molecule has 3 nitrogen and oxygen atoms in total. The Kier molecular flexibility index (Phi) is 5.77. The minimum atomic E-state index is 0.684. The summed E-state index contributed by atoms with van der Waals surface area (Å²) in [6, 6.07) is 37.2. The molecule has 0 fully saturated rings. The molecule has 0 unspecified atom stereocenters. The lowest BCUT2D eigenvalue weighted by Crippen LogP contribution is -2.00. The van der Waals surface area contributed by atoms with Crippen LogP contribution in [0.15, 0.2) is 125 Å². The Labute approximate surface area is 195 Å². The van der Waals surface area contributed by atoms with Crippen LogP contribution in [0.4, 0.5) is 5.82 Å². The second-order valence-corrected chi connectivity index (χ2v) is 8.24. The molecule has 0 saturated carbocycles. The van der Waals surface area contributed by atoms with Crippen molar-refractivity contribution in [3.05, 3.63) is 125 Å². The maximum absolute atomic E-state index is 4.66. The lowest BCUT2D eigenvalue weighted by Gasteiger charge is -2.15. The lowest BCUT2D eigenvalue weighted by atomic mass is 10.1. The molecule has 0 aliphatic rings. The molecule has 3 aromatic carbocycles. The van der Waals surface area contributed by atoms with Gasteiger partial charge in [0, 0.05) is 28.1 Å². The van der Waals surface area contributed by atoms with Crippen LogP contribution in [-0.4, -0.2) is 15.8 Å². The highest BCUT2D eigenvalue weighted by Crippen LogP contribution is 2.35. The number of rotatable bonds is 5. The highest BCUT2D eigenvalue weighted by molar-refractivity contribution is 9.10. The molecule has 0 saturated heterocycles. The average Bonchev–Trinajstić information content (AvgIpc) is 3.24. The predicted octanol–water partition coefficient (Wildman–Crippen LogP) is 7.72. The molecule has 0 radical (unpaired) electrons. The van der Waals surface area contributed by atoms with Gasteiger partial charge in [0.1, 0.15) is 0 Å². The van der Waals surface area contributed by atoms with E-state index in [4.69, 9.17) is 0 Å². The zero-order chi connectivity index (χ0) is 21.8. The van der Waals surface area contributed by atoms with E-state index in [-0.39, 0.29) is 0 Å². The van der Waals surface area contributed by atoms with E-state index in [1.165, 1.54) is 0 Å². The Bertz CT molecular complexity index is 1340. The molecule has 4 heteroatoms. The topological polar surface area (TPSA) is 30.2 Å². The van der Waals surface area contributed by atoms with Crippen LogP contribution >= 0.6 is 15.9 Å². The van der Waals surface area contributed by atoms with Crippen molar-refractivity contribution in [1.82, 2.24) is 9.55 Å². The van der Waals surface area contributed by atoms with E-state index >= 15 is 0 Å². The van der Waals surface area contributed by atoms with Crippen LogP contribution in [0.5, 0.6) is 0 Å². The first-order valence-electron chi connectivity index (χ1n) is 10.4. The van der Waals surface area contributed by atoms with Crippen molar-refractivity contribution in [2.75, 3.05) is 0 Å². The van der Waals surface area contributed by atoms with Gasteiger partial charge in [-0.2, -0.15) is 0 Å². The molecular weight excluding hydrogens is 458 g/mol. The normalized spacial score (nSPS) is 11.2. The second-order valence-electron chi connectivity index (χ2n) is 7.32. The molecule has 0 atom stereocenters. The van der Waals surface area contributed by atoms with Crippen molar-refractivity contribution in [3.8, 4) is 28.2 Å². The molecule has 2 heterocycles. The first-order valence-corrected chi connectivity index (χ1v) is 11.2. The Morgan fingerprint density at radius 2 is 1.38 bits per heavy atom. The lowest BCUT2D eigenvalue weighted by molar-refractivity contribution is 1.09. The monoisotopic (exact) mass is 477 g/mol. The molecule has 0 aliphatic carbocycles. The molecular formula is C28H20BrN3. The van der Waals surface area contributed by atoms with Gasteiger partial charge in [-0.1, -0.05) is 82.7 Å². The number of hydrogen-bond donors (Lipinski definition) is 0. The number of hydrogen-bond acceptors (Lipinski definition) is 2. The maximum atomic E-state index is 4.66. The van der Waals surface area contributed by atoms with Gasteiger partial charge in [-0.15, -0.1) is 0 Å². The van der Waals surface area contributed by atoms with E-state index in [1.54, 1.807) is 6.20 Å². The molecule has 5 rings (SSSR count). The first kappa shape index (κ1) is 20.2. The maximum Gasteiger partial charge on any atom is 0.151 e. The SMILES string of the molecule is Brc1ccc(-n2c(-c3ccccc3)cc(C=Nc3ccccn3)c2-c2ccccc2)cc1. The molecule has 5 aromatic rings. The second kappa shape index (κ2) is 9.16. The minimum Gasteiger partial charge on any atom is -0.309 e. The number of aliphatic imine (C=N–C) groups is 1. The summed E-state index contributed by atoms with van der Waals surface area (Å²) in [5.41, 5.74) is 6.58. The van der Waals surface area contributed by atoms with Gasteiger partial charge in [0.25, 0.3) is 0 Å². The molecule has 154 valence electrons. The summed E-state index contributed by atoms with van der Waals surface area (Å²) in [4.78, 5) is 9.00. The number of pyridine rings is 1. The quantitative estimate of drug-likeness (QED) is 0.238. The van der Waals surface area contributed by atoms with E-state index in [2.05, 4.69) is 109 Å². The molecule has 0 spiro atoms. The van der Waals surface area contributed by atoms with Gasteiger partial charge < -0.3 is 4.57 Å². The smallest absolute Gasteiger partial charge is 0.151 e. The number of nitrogens with zero attached hydrogens (tertiary/aromatic N) is 3. The summed E-state index contributed by atoms with van der Waals surface area (Å²) in [7, 11) is 0. The van der Waals surface area contributed by atoms with Gasteiger partial charge in [0.2, 0.25) is 0 Å². The third kappa shape index (κ3) is 4.18. The first-order chi connectivity index (χ1) is 15.8. The molecule has 0 bridgehead atoms. The van der Waals surface area contributed by atoms with Crippen LogP contribution in [-0.2, 0) is 0 Å². The summed E-state index contributed by atoms with van der Waals surface area (Å²) < 4.78 is 3.35. The number of aromatic nitrogens is 2.